The summed E-state index contributed by atoms with van der Waals surface area (Å²) in [6, 6.07) is 0. The molecule has 0 bridgehead atoms. The summed E-state index contributed by atoms with van der Waals surface area (Å²) in [7, 11) is 0. The molecule has 1 heterocycles. The molecule has 0 amide bonds. The Labute approximate surface area is 140 Å². The lowest BCUT2D eigenvalue weighted by Crippen LogP contribution is -2.38. The first-order chi connectivity index (χ1) is 11.4. The molecule has 1 aliphatic heterocycles. The van der Waals surface area contributed by atoms with E-state index in [9.17, 15) is 0 Å². The minimum atomic E-state index is 0.300. The molecule has 0 aromatic carbocycles. The van der Waals surface area contributed by atoms with Gasteiger partial charge < -0.3 is 20.1 Å². The van der Waals surface area contributed by atoms with E-state index in [0.29, 0.717) is 25.9 Å². The van der Waals surface area contributed by atoms with Gasteiger partial charge in [0.15, 0.2) is 5.96 Å². The number of allylic oxidation sites excluding steroid dienone is 1. The summed E-state index contributed by atoms with van der Waals surface area (Å²) < 4.78 is 11.2. The van der Waals surface area contributed by atoms with Crippen molar-refractivity contribution in [1.29, 1.82) is 0 Å². The second-order valence-corrected chi connectivity index (χ2v) is 6.26. The summed E-state index contributed by atoms with van der Waals surface area (Å²) in [5.74, 6) is 0.893. The molecule has 1 saturated heterocycles. The standard InChI is InChI=1S/C18H33N3O2/c1-2-19-18(20-11-10-16-7-4-3-5-8-16)21-12-14-22-15-17-9-6-13-23-17/h7,17H,2-6,8-15H2,1H3,(H2,19,20,21). The highest BCUT2D eigenvalue weighted by molar-refractivity contribution is 5.79. The predicted octanol–water partition coefficient (Wildman–Crippen LogP) is 2.63. The zero-order chi connectivity index (χ0) is 16.2. The van der Waals surface area contributed by atoms with E-state index in [0.717, 1.165) is 44.9 Å². The van der Waals surface area contributed by atoms with Crippen molar-refractivity contribution in [1.82, 2.24) is 10.6 Å². The van der Waals surface area contributed by atoms with Crippen molar-refractivity contribution in [2.24, 2.45) is 4.99 Å². The molecule has 0 spiro atoms. The summed E-state index contributed by atoms with van der Waals surface area (Å²) in [5, 5.41) is 6.71. The van der Waals surface area contributed by atoms with Crippen LogP contribution in [0.2, 0.25) is 0 Å². The number of nitrogens with one attached hydrogen (secondary N) is 2. The second-order valence-electron chi connectivity index (χ2n) is 6.26. The van der Waals surface area contributed by atoms with Crippen molar-refractivity contribution < 1.29 is 9.47 Å². The molecule has 132 valence electrons. The highest BCUT2D eigenvalue weighted by Gasteiger charge is 2.14. The third-order valence-corrected chi connectivity index (χ3v) is 4.30. The van der Waals surface area contributed by atoms with E-state index in [2.05, 4.69) is 28.6 Å². The van der Waals surface area contributed by atoms with Crippen LogP contribution in [-0.4, -0.2) is 51.5 Å². The summed E-state index contributed by atoms with van der Waals surface area (Å²) in [6.07, 6.45) is 11.4. The third-order valence-electron chi connectivity index (χ3n) is 4.30. The van der Waals surface area contributed by atoms with Crippen LogP contribution in [-0.2, 0) is 9.47 Å². The summed E-state index contributed by atoms with van der Waals surface area (Å²) in [5.41, 5.74) is 1.60. The lowest BCUT2D eigenvalue weighted by molar-refractivity contribution is 0.0200. The lowest BCUT2D eigenvalue weighted by atomic mass is 9.97. The van der Waals surface area contributed by atoms with Crippen LogP contribution < -0.4 is 10.6 Å². The largest absolute Gasteiger partial charge is 0.377 e. The van der Waals surface area contributed by atoms with Crippen molar-refractivity contribution in [2.75, 3.05) is 39.5 Å². The molecule has 2 rings (SSSR count). The monoisotopic (exact) mass is 323 g/mol. The predicted molar refractivity (Wildman–Crippen MR) is 94.9 cm³/mol. The fraction of sp³-hybridized carbons (Fsp3) is 0.833. The van der Waals surface area contributed by atoms with Crippen molar-refractivity contribution in [2.45, 2.75) is 58.0 Å². The van der Waals surface area contributed by atoms with Gasteiger partial charge in [-0.15, -0.1) is 0 Å². The molecule has 5 heteroatoms. The molecule has 1 aliphatic carbocycles. The zero-order valence-corrected chi connectivity index (χ0v) is 14.6. The van der Waals surface area contributed by atoms with Crippen LogP contribution in [0.3, 0.4) is 0 Å². The number of hydrogen-bond donors (Lipinski definition) is 2. The number of rotatable bonds is 9. The summed E-state index contributed by atoms with van der Waals surface area (Å²) in [4.78, 5) is 4.57. The van der Waals surface area contributed by atoms with E-state index >= 15 is 0 Å². The maximum Gasteiger partial charge on any atom is 0.191 e. The minimum absolute atomic E-state index is 0.300. The molecule has 0 radical (unpaired) electrons. The van der Waals surface area contributed by atoms with Crippen LogP contribution in [0.15, 0.2) is 16.6 Å². The molecule has 0 saturated carbocycles. The van der Waals surface area contributed by atoms with Gasteiger partial charge in [0.1, 0.15) is 0 Å². The Hall–Kier alpha value is -1.07. The molecule has 1 fully saturated rings. The van der Waals surface area contributed by atoms with Crippen LogP contribution >= 0.6 is 0 Å². The lowest BCUT2D eigenvalue weighted by Gasteiger charge is -2.15. The molecule has 1 unspecified atom stereocenters. The van der Waals surface area contributed by atoms with Gasteiger partial charge in [-0.25, -0.2) is 0 Å². The second kappa shape index (κ2) is 11.5. The van der Waals surface area contributed by atoms with Gasteiger partial charge in [-0.05, 0) is 51.9 Å². The first kappa shape index (κ1) is 18.3. The molecule has 1 atom stereocenters. The Morgan fingerprint density at radius 3 is 3.04 bits per heavy atom. The number of hydrogen-bond acceptors (Lipinski definition) is 3. The summed E-state index contributed by atoms with van der Waals surface area (Å²) in [6.45, 7) is 6.85. The van der Waals surface area contributed by atoms with Crippen molar-refractivity contribution >= 4 is 5.96 Å². The minimum Gasteiger partial charge on any atom is -0.377 e. The van der Waals surface area contributed by atoms with Crippen LogP contribution in [0.4, 0.5) is 0 Å². The number of aliphatic imine (C=N–C) groups is 1. The Balaban J connectivity index is 1.58. The average molecular weight is 323 g/mol. The van der Waals surface area contributed by atoms with Crippen LogP contribution in [0.25, 0.3) is 0 Å². The molecular weight excluding hydrogens is 290 g/mol. The molecule has 2 aliphatic rings. The topological polar surface area (TPSA) is 54.9 Å². The van der Waals surface area contributed by atoms with Gasteiger partial charge in [0.05, 0.1) is 25.9 Å². The molecule has 5 nitrogen and oxygen atoms in total. The number of guanidine groups is 1. The highest BCUT2D eigenvalue weighted by Crippen LogP contribution is 2.19. The van der Waals surface area contributed by atoms with Gasteiger partial charge in [-0.3, -0.25) is 4.99 Å². The fourth-order valence-corrected chi connectivity index (χ4v) is 3.03. The Morgan fingerprint density at radius 2 is 2.30 bits per heavy atom. The third kappa shape index (κ3) is 7.84. The zero-order valence-electron chi connectivity index (χ0n) is 14.6. The van der Waals surface area contributed by atoms with E-state index in [1.165, 1.54) is 25.7 Å². The molecule has 0 aromatic rings. The number of ether oxygens (including phenoxy) is 2. The van der Waals surface area contributed by atoms with Gasteiger partial charge in [0.25, 0.3) is 0 Å². The van der Waals surface area contributed by atoms with Gasteiger partial charge >= 0.3 is 0 Å². The van der Waals surface area contributed by atoms with Crippen LogP contribution in [0.5, 0.6) is 0 Å². The van der Waals surface area contributed by atoms with E-state index < -0.39 is 0 Å². The van der Waals surface area contributed by atoms with Gasteiger partial charge in [-0.2, -0.15) is 0 Å². The van der Waals surface area contributed by atoms with Crippen LogP contribution in [0.1, 0.15) is 51.9 Å². The van der Waals surface area contributed by atoms with Gasteiger partial charge in [0.2, 0.25) is 0 Å². The van der Waals surface area contributed by atoms with E-state index in [1.54, 1.807) is 5.57 Å². The molecular formula is C18H33N3O2. The van der Waals surface area contributed by atoms with E-state index in [-0.39, 0.29) is 0 Å². The van der Waals surface area contributed by atoms with E-state index in [1.807, 2.05) is 0 Å². The SMILES string of the molecule is CCNC(=NCCOCC1CCCO1)NCCC1=CCCCC1. The molecule has 23 heavy (non-hydrogen) atoms. The maximum atomic E-state index is 5.65. The van der Waals surface area contributed by atoms with Gasteiger partial charge in [0, 0.05) is 19.7 Å². The molecule has 0 aromatic heterocycles. The Morgan fingerprint density at radius 1 is 1.35 bits per heavy atom. The highest BCUT2D eigenvalue weighted by atomic mass is 16.5. The Kier molecular flexibility index (Phi) is 9.11. The first-order valence-corrected chi connectivity index (χ1v) is 9.28. The fourth-order valence-electron chi connectivity index (χ4n) is 3.03. The first-order valence-electron chi connectivity index (χ1n) is 9.28. The van der Waals surface area contributed by atoms with Crippen molar-refractivity contribution in [3.8, 4) is 0 Å². The maximum absolute atomic E-state index is 5.65. The normalized spacial score (nSPS) is 22.0. The Bertz CT molecular complexity index is 376. The molecule has 2 N–H and O–H groups in total. The van der Waals surface area contributed by atoms with Crippen molar-refractivity contribution in [3.63, 3.8) is 0 Å². The number of nitrogens with zero attached hydrogens (tertiary/aromatic N) is 1. The average Bonchev–Trinajstić information content (AvgIpc) is 3.09. The van der Waals surface area contributed by atoms with E-state index in [4.69, 9.17) is 9.47 Å². The van der Waals surface area contributed by atoms with Crippen molar-refractivity contribution in [3.05, 3.63) is 11.6 Å². The van der Waals surface area contributed by atoms with Gasteiger partial charge in [-0.1, -0.05) is 11.6 Å². The quantitative estimate of drug-likeness (QED) is 0.296. The smallest absolute Gasteiger partial charge is 0.191 e. The summed E-state index contributed by atoms with van der Waals surface area (Å²) >= 11 is 0. The van der Waals surface area contributed by atoms with Crippen LogP contribution in [0, 0.1) is 0 Å².